The summed E-state index contributed by atoms with van der Waals surface area (Å²) in [6.45, 7) is 9.67. The van der Waals surface area contributed by atoms with E-state index in [0.717, 1.165) is 29.9 Å². The predicted octanol–water partition coefficient (Wildman–Crippen LogP) is 2.69. The summed E-state index contributed by atoms with van der Waals surface area (Å²) in [5.41, 5.74) is 3.32. The largest absolute Gasteiger partial charge is 0.357 e. The summed E-state index contributed by atoms with van der Waals surface area (Å²) in [5, 5.41) is 11.6. The van der Waals surface area contributed by atoms with Crippen molar-refractivity contribution in [2.45, 2.75) is 20.3 Å². The van der Waals surface area contributed by atoms with Gasteiger partial charge in [-0.15, -0.1) is 0 Å². The van der Waals surface area contributed by atoms with Crippen LogP contribution >= 0.6 is 12.2 Å². The number of carbonyl (C=O) groups is 1. The van der Waals surface area contributed by atoms with Crippen molar-refractivity contribution in [3.8, 4) is 5.69 Å². The number of hydrogen-bond acceptors (Lipinski definition) is 3. The van der Waals surface area contributed by atoms with Crippen molar-refractivity contribution in [2.24, 2.45) is 0 Å². The van der Waals surface area contributed by atoms with Crippen molar-refractivity contribution in [2.75, 3.05) is 19.6 Å². The zero-order valence-corrected chi connectivity index (χ0v) is 15.9. The van der Waals surface area contributed by atoms with Crippen LogP contribution in [0.1, 0.15) is 29.4 Å². The molecule has 7 heteroatoms. The highest BCUT2D eigenvalue weighted by atomic mass is 32.1. The maximum atomic E-state index is 13.1. The maximum Gasteiger partial charge on any atom is 0.275 e. The van der Waals surface area contributed by atoms with Gasteiger partial charge in [0.1, 0.15) is 0 Å². The molecule has 0 saturated carbocycles. The van der Waals surface area contributed by atoms with E-state index in [0.29, 0.717) is 23.8 Å². The molecule has 1 aliphatic heterocycles. The van der Waals surface area contributed by atoms with Crippen LogP contribution in [-0.4, -0.2) is 50.5 Å². The van der Waals surface area contributed by atoms with Crippen LogP contribution in [0.4, 0.5) is 0 Å². The molecule has 1 aromatic carbocycles. The first kappa shape index (κ1) is 18.1. The second-order valence-electron chi connectivity index (χ2n) is 6.41. The van der Waals surface area contributed by atoms with Gasteiger partial charge in [0.05, 0.1) is 23.1 Å². The molecule has 0 atom stereocenters. The Kier molecular flexibility index (Phi) is 5.37. The quantitative estimate of drug-likeness (QED) is 0.663. The fourth-order valence-electron chi connectivity index (χ4n) is 2.94. The van der Waals surface area contributed by atoms with Crippen LogP contribution < -0.4 is 5.32 Å². The number of hydrazine groups is 1. The Morgan fingerprint density at radius 3 is 2.65 bits per heavy atom. The Bertz CT molecular complexity index is 830. The standard InChI is InChI=1S/C19H23N5OS/c1-14(2)12-20-19(26)23-11-7-10-22(23)18(25)17-13-21-24(15(17)3)16-8-5-4-6-9-16/h4-6,8-9,13H,1,7,10-12H2,2-3H3,(H,20,26). The molecule has 0 aliphatic carbocycles. The van der Waals surface area contributed by atoms with E-state index in [-0.39, 0.29) is 5.91 Å². The number of aromatic nitrogens is 2. The molecule has 6 nitrogen and oxygen atoms in total. The lowest BCUT2D eigenvalue weighted by Gasteiger charge is -2.30. The van der Waals surface area contributed by atoms with Gasteiger partial charge in [0, 0.05) is 19.6 Å². The van der Waals surface area contributed by atoms with Gasteiger partial charge in [-0.2, -0.15) is 5.10 Å². The first-order valence-electron chi connectivity index (χ1n) is 8.60. The fraction of sp³-hybridized carbons (Fsp3) is 0.316. The Labute approximate surface area is 159 Å². The molecule has 2 heterocycles. The van der Waals surface area contributed by atoms with Crippen molar-refractivity contribution in [3.63, 3.8) is 0 Å². The number of nitrogens with one attached hydrogen (secondary N) is 1. The van der Waals surface area contributed by atoms with Gasteiger partial charge in [0.2, 0.25) is 0 Å². The summed E-state index contributed by atoms with van der Waals surface area (Å²) < 4.78 is 1.78. The molecule has 26 heavy (non-hydrogen) atoms. The van der Waals surface area contributed by atoms with Crippen LogP contribution in [0.3, 0.4) is 0 Å². The molecule has 1 amide bonds. The molecule has 1 aliphatic rings. The molecule has 0 unspecified atom stereocenters. The van der Waals surface area contributed by atoms with Gasteiger partial charge in [-0.05, 0) is 44.6 Å². The molecule has 1 saturated heterocycles. The van der Waals surface area contributed by atoms with Crippen molar-refractivity contribution in [3.05, 3.63) is 59.9 Å². The van der Waals surface area contributed by atoms with Crippen LogP contribution in [0.25, 0.3) is 5.69 Å². The van der Waals surface area contributed by atoms with Crippen molar-refractivity contribution in [1.29, 1.82) is 0 Å². The fourth-order valence-corrected chi connectivity index (χ4v) is 3.20. The summed E-state index contributed by atoms with van der Waals surface area (Å²) in [6.07, 6.45) is 2.51. The first-order valence-corrected chi connectivity index (χ1v) is 9.01. The molecular formula is C19H23N5OS. The zero-order chi connectivity index (χ0) is 18.7. The average molecular weight is 369 g/mol. The lowest BCUT2D eigenvalue weighted by Crippen LogP contribution is -2.49. The summed E-state index contributed by atoms with van der Waals surface area (Å²) in [5.74, 6) is -0.0818. The predicted molar refractivity (Wildman–Crippen MR) is 106 cm³/mol. The monoisotopic (exact) mass is 369 g/mol. The second kappa shape index (κ2) is 7.70. The molecule has 0 spiro atoms. The molecule has 3 rings (SSSR count). The van der Waals surface area contributed by atoms with Crippen LogP contribution in [0.5, 0.6) is 0 Å². The Hall–Kier alpha value is -2.67. The zero-order valence-electron chi connectivity index (χ0n) is 15.1. The van der Waals surface area contributed by atoms with Crippen LogP contribution in [0, 0.1) is 6.92 Å². The first-order chi connectivity index (χ1) is 12.5. The lowest BCUT2D eigenvalue weighted by molar-refractivity contribution is 0.0491. The summed E-state index contributed by atoms with van der Waals surface area (Å²) in [6, 6.07) is 9.78. The number of para-hydroxylation sites is 1. The molecule has 1 N–H and O–H groups in total. The smallest absolute Gasteiger partial charge is 0.275 e. The van der Waals surface area contributed by atoms with E-state index >= 15 is 0 Å². The van der Waals surface area contributed by atoms with E-state index in [2.05, 4.69) is 17.0 Å². The van der Waals surface area contributed by atoms with Gasteiger partial charge in [-0.1, -0.05) is 30.4 Å². The lowest BCUT2D eigenvalue weighted by atomic mass is 10.2. The Balaban J connectivity index is 1.79. The van der Waals surface area contributed by atoms with Gasteiger partial charge < -0.3 is 5.32 Å². The molecule has 136 valence electrons. The van der Waals surface area contributed by atoms with Gasteiger partial charge >= 0.3 is 0 Å². The maximum absolute atomic E-state index is 13.1. The van der Waals surface area contributed by atoms with Crippen molar-refractivity contribution >= 4 is 23.2 Å². The molecule has 1 fully saturated rings. The topological polar surface area (TPSA) is 53.4 Å². The van der Waals surface area contributed by atoms with Crippen molar-refractivity contribution < 1.29 is 4.79 Å². The van der Waals surface area contributed by atoms with Gasteiger partial charge in [0.25, 0.3) is 5.91 Å². The van der Waals surface area contributed by atoms with Crippen molar-refractivity contribution in [1.82, 2.24) is 25.1 Å². The van der Waals surface area contributed by atoms with Crippen LogP contribution in [0.15, 0.2) is 48.7 Å². The third-order valence-corrected chi connectivity index (χ3v) is 4.64. The molecule has 1 aromatic heterocycles. The molecular weight excluding hydrogens is 346 g/mol. The second-order valence-corrected chi connectivity index (χ2v) is 6.80. The number of rotatable bonds is 4. The highest BCUT2D eigenvalue weighted by molar-refractivity contribution is 7.80. The third-order valence-electron chi connectivity index (χ3n) is 4.28. The van der Waals surface area contributed by atoms with Crippen LogP contribution in [0.2, 0.25) is 0 Å². The third kappa shape index (κ3) is 3.62. The minimum Gasteiger partial charge on any atom is -0.357 e. The number of carbonyl (C=O) groups excluding carboxylic acids is 1. The summed E-state index contributed by atoms with van der Waals surface area (Å²) in [7, 11) is 0. The minimum absolute atomic E-state index is 0.0818. The van der Waals surface area contributed by atoms with E-state index in [1.165, 1.54) is 0 Å². The number of thiocarbonyl (C=S) groups is 1. The summed E-state index contributed by atoms with van der Waals surface area (Å²) >= 11 is 5.45. The summed E-state index contributed by atoms with van der Waals surface area (Å²) in [4.78, 5) is 13.1. The molecule has 0 radical (unpaired) electrons. The average Bonchev–Trinajstić information content (AvgIpc) is 3.27. The van der Waals surface area contributed by atoms with E-state index in [4.69, 9.17) is 12.2 Å². The number of benzene rings is 1. The van der Waals surface area contributed by atoms with Gasteiger partial charge in [-0.3, -0.25) is 9.80 Å². The Morgan fingerprint density at radius 1 is 1.27 bits per heavy atom. The number of amides is 1. The van der Waals surface area contributed by atoms with E-state index < -0.39 is 0 Å². The van der Waals surface area contributed by atoms with E-state index in [1.807, 2.05) is 49.2 Å². The Morgan fingerprint density at radius 2 is 1.96 bits per heavy atom. The van der Waals surface area contributed by atoms with E-state index in [9.17, 15) is 4.79 Å². The van der Waals surface area contributed by atoms with Gasteiger partial charge in [0.15, 0.2) is 5.11 Å². The highest BCUT2D eigenvalue weighted by Gasteiger charge is 2.31. The molecule has 2 aromatic rings. The highest BCUT2D eigenvalue weighted by Crippen LogP contribution is 2.19. The van der Waals surface area contributed by atoms with E-state index in [1.54, 1.807) is 15.9 Å². The minimum atomic E-state index is -0.0818. The number of hydrogen-bond donors (Lipinski definition) is 1. The van der Waals surface area contributed by atoms with Gasteiger partial charge in [-0.25, -0.2) is 9.69 Å². The molecule has 0 bridgehead atoms. The number of nitrogens with zero attached hydrogens (tertiary/aromatic N) is 4. The SMILES string of the molecule is C=C(C)CNC(=S)N1CCCN1C(=O)c1cnn(-c2ccccc2)c1C. The normalized spacial score (nSPS) is 13.8. The van der Waals surface area contributed by atoms with Crippen LogP contribution in [-0.2, 0) is 0 Å².